The van der Waals surface area contributed by atoms with Gasteiger partial charge in [0, 0.05) is 6.54 Å². The molecule has 4 aliphatic heterocycles. The van der Waals surface area contributed by atoms with Gasteiger partial charge >= 0.3 is 12.1 Å². The molecule has 6 rings (SSSR count). The number of anilines is 2. The zero-order chi connectivity index (χ0) is 25.5. The number of carbonyl (C=O) groups excluding carboxylic acids is 3. The van der Waals surface area contributed by atoms with E-state index in [1.165, 1.54) is 6.07 Å². The van der Waals surface area contributed by atoms with Crippen LogP contribution in [0.25, 0.3) is 11.0 Å². The van der Waals surface area contributed by atoms with E-state index in [1.54, 1.807) is 18.7 Å². The Hall–Kier alpha value is -3.52. The summed E-state index contributed by atoms with van der Waals surface area (Å²) in [5, 5.41) is 19.5. The molecule has 3 saturated heterocycles. The van der Waals surface area contributed by atoms with Gasteiger partial charge in [-0.15, -0.1) is 0 Å². The van der Waals surface area contributed by atoms with Gasteiger partial charge in [0.1, 0.15) is 31.0 Å². The van der Waals surface area contributed by atoms with Crippen molar-refractivity contribution in [3.05, 3.63) is 17.4 Å². The van der Waals surface area contributed by atoms with Crippen molar-refractivity contribution in [2.75, 3.05) is 29.6 Å². The fourth-order valence-electron chi connectivity index (χ4n) is 6.10. The van der Waals surface area contributed by atoms with Crippen LogP contribution in [-0.2, 0) is 20.7 Å². The Bertz CT molecular complexity index is 1300. The molecule has 192 valence electrons. The summed E-state index contributed by atoms with van der Waals surface area (Å²) in [6, 6.07) is -1.13. The first-order valence-corrected chi connectivity index (χ1v) is 11.5. The van der Waals surface area contributed by atoms with Gasteiger partial charge < -0.3 is 29.3 Å². The molecule has 0 radical (unpaired) electrons. The first kappa shape index (κ1) is 22.9. The first-order valence-electron chi connectivity index (χ1n) is 11.5. The van der Waals surface area contributed by atoms with Crippen molar-refractivity contribution in [2.24, 2.45) is 5.41 Å². The molecule has 1 spiro atoms. The van der Waals surface area contributed by atoms with Crippen LogP contribution in [0.4, 0.5) is 29.9 Å². The summed E-state index contributed by atoms with van der Waals surface area (Å²) in [7, 11) is 0. The highest BCUT2D eigenvalue weighted by molar-refractivity contribution is 6.04. The molecular formula is C22H23F2N5O7. The summed E-state index contributed by atoms with van der Waals surface area (Å²) in [6.07, 6.45) is -3.58. The number of ether oxygens (including phenoxy) is 2. The second-order valence-electron chi connectivity index (χ2n) is 9.63. The molecule has 3 N–H and O–H groups in total. The summed E-state index contributed by atoms with van der Waals surface area (Å²) in [6.45, 7) is 2.59. The maximum Gasteiger partial charge on any atom is 0.416 e. The summed E-state index contributed by atoms with van der Waals surface area (Å²) in [4.78, 5) is 40.2. The zero-order valence-electron chi connectivity index (χ0n) is 19.3. The highest BCUT2D eigenvalue weighted by Crippen LogP contribution is 2.50. The van der Waals surface area contributed by atoms with Crippen LogP contribution in [0.5, 0.6) is 0 Å². The van der Waals surface area contributed by atoms with Gasteiger partial charge in [0.2, 0.25) is 11.5 Å². The summed E-state index contributed by atoms with van der Waals surface area (Å²) >= 11 is 0. The quantitative estimate of drug-likeness (QED) is 0.541. The van der Waals surface area contributed by atoms with Gasteiger partial charge in [-0.25, -0.2) is 23.3 Å². The number of halogens is 2. The van der Waals surface area contributed by atoms with E-state index in [4.69, 9.17) is 14.0 Å². The average Bonchev–Trinajstić information content (AvgIpc) is 3.39. The molecule has 6 atom stereocenters. The fraction of sp³-hybridized carbons (Fsp3) is 0.545. The Morgan fingerprint density at radius 3 is 2.81 bits per heavy atom. The number of cyclic esters (lactones) is 1. The molecular weight excluding hydrogens is 484 g/mol. The zero-order valence-corrected chi connectivity index (χ0v) is 19.3. The number of alkyl halides is 1. The van der Waals surface area contributed by atoms with Crippen molar-refractivity contribution >= 4 is 40.5 Å². The Labute approximate surface area is 202 Å². The minimum atomic E-state index is -1.62. The van der Waals surface area contributed by atoms with Gasteiger partial charge in [-0.1, -0.05) is 5.16 Å². The van der Waals surface area contributed by atoms with E-state index in [2.05, 4.69) is 15.8 Å². The number of hydrogen-bond acceptors (Lipinski definition) is 9. The van der Waals surface area contributed by atoms with Crippen LogP contribution in [0.1, 0.15) is 19.4 Å². The fourth-order valence-corrected chi connectivity index (χ4v) is 6.10. The molecule has 1 aromatic carbocycles. The molecule has 1 aromatic heterocycles. The van der Waals surface area contributed by atoms with E-state index in [1.807, 2.05) is 0 Å². The third-order valence-corrected chi connectivity index (χ3v) is 7.49. The second-order valence-corrected chi connectivity index (χ2v) is 9.63. The van der Waals surface area contributed by atoms with Crippen LogP contribution in [0.15, 0.2) is 10.6 Å². The van der Waals surface area contributed by atoms with Gasteiger partial charge in [-0.05, 0) is 31.9 Å². The standard InChI is InChI=1S/C22H23F2N5O7/c1-8-6-28-14-10(4-22(16(28)9(2)35-8)18(30)25-20(32)26-19(22)31)3-12-15(13(14)24)36-27-17(12)29-11(5-23)7-34-21(29)33/h3,8-9,11,16,18,30H,4-7H2,1-2H3,(H2,25,26,31,32)/t8-,9+,11+,16-,18?,22?/m1/s1. The maximum atomic E-state index is 16.1. The predicted octanol–water partition coefficient (Wildman–Crippen LogP) is 0.944. The third-order valence-electron chi connectivity index (χ3n) is 7.49. The number of aliphatic hydroxyl groups excluding tert-OH is 1. The van der Waals surface area contributed by atoms with Gasteiger partial charge in [-0.2, -0.15) is 0 Å². The van der Waals surface area contributed by atoms with Crippen molar-refractivity contribution < 1.29 is 42.3 Å². The molecule has 2 aromatic rings. The molecule has 36 heavy (non-hydrogen) atoms. The highest BCUT2D eigenvalue weighted by atomic mass is 19.1. The molecule has 14 heteroatoms. The van der Waals surface area contributed by atoms with Crippen LogP contribution in [0.3, 0.4) is 0 Å². The lowest BCUT2D eigenvalue weighted by atomic mass is 9.66. The van der Waals surface area contributed by atoms with Crippen molar-refractivity contribution in [1.82, 2.24) is 15.8 Å². The SMILES string of the molecule is C[C@@H]1CN2c3c(cc4c(N5C(=O)OC[C@@H]5CF)noc4c3F)CC3(C(=O)NC(=O)NC3O)[C@H]2[C@H](C)O1. The number of aliphatic hydroxyl groups is 1. The molecule has 2 unspecified atom stereocenters. The highest BCUT2D eigenvalue weighted by Gasteiger charge is 2.63. The number of benzene rings is 1. The lowest BCUT2D eigenvalue weighted by molar-refractivity contribution is -0.155. The number of morpholine rings is 1. The molecule has 4 aliphatic rings. The first-order chi connectivity index (χ1) is 17.2. The number of hydrogen-bond donors (Lipinski definition) is 3. The molecule has 0 saturated carbocycles. The normalized spacial score (nSPS) is 33.9. The number of urea groups is 1. The second kappa shape index (κ2) is 7.74. The van der Waals surface area contributed by atoms with Crippen molar-refractivity contribution in [1.29, 1.82) is 0 Å². The monoisotopic (exact) mass is 507 g/mol. The van der Waals surface area contributed by atoms with E-state index >= 15 is 4.39 Å². The topological polar surface area (TPSA) is 146 Å². The Morgan fingerprint density at radius 2 is 2.08 bits per heavy atom. The largest absolute Gasteiger partial charge is 0.447 e. The van der Waals surface area contributed by atoms with Crippen molar-refractivity contribution in [3.63, 3.8) is 0 Å². The van der Waals surface area contributed by atoms with E-state index in [0.717, 1.165) is 4.90 Å². The molecule has 0 bridgehead atoms. The lowest BCUT2D eigenvalue weighted by Crippen LogP contribution is -2.76. The van der Waals surface area contributed by atoms with Gasteiger partial charge in [-0.3, -0.25) is 10.1 Å². The molecule has 4 amide bonds. The van der Waals surface area contributed by atoms with E-state index in [-0.39, 0.29) is 48.2 Å². The number of nitrogens with zero attached hydrogens (tertiary/aromatic N) is 3. The van der Waals surface area contributed by atoms with Gasteiger partial charge in [0.05, 0.1) is 29.3 Å². The minimum Gasteiger partial charge on any atom is -0.447 e. The number of rotatable bonds is 2. The number of amides is 4. The summed E-state index contributed by atoms with van der Waals surface area (Å²) in [5.41, 5.74) is -1.40. The van der Waals surface area contributed by atoms with E-state index in [9.17, 15) is 23.9 Å². The smallest absolute Gasteiger partial charge is 0.416 e. The molecule has 12 nitrogen and oxygen atoms in total. The Balaban J connectivity index is 1.57. The number of nitrogens with one attached hydrogen (secondary N) is 2. The molecule has 5 heterocycles. The van der Waals surface area contributed by atoms with Crippen LogP contribution >= 0.6 is 0 Å². The van der Waals surface area contributed by atoms with Crippen molar-refractivity contribution in [3.8, 4) is 0 Å². The van der Waals surface area contributed by atoms with Gasteiger partial charge in [0.15, 0.2) is 11.6 Å². The average molecular weight is 507 g/mol. The Kier molecular flexibility index (Phi) is 4.92. The number of fused-ring (bicyclic) bond motifs is 5. The number of aromatic nitrogens is 1. The van der Waals surface area contributed by atoms with Crippen LogP contribution < -0.4 is 20.4 Å². The van der Waals surface area contributed by atoms with Crippen LogP contribution in [-0.4, -0.2) is 78.6 Å². The van der Waals surface area contributed by atoms with Gasteiger partial charge in [0.25, 0.3) is 0 Å². The molecule has 3 fully saturated rings. The predicted molar refractivity (Wildman–Crippen MR) is 118 cm³/mol. The van der Waals surface area contributed by atoms with Crippen LogP contribution in [0.2, 0.25) is 0 Å². The Morgan fingerprint density at radius 1 is 1.31 bits per heavy atom. The third kappa shape index (κ3) is 2.91. The minimum absolute atomic E-state index is 0.0845. The van der Waals surface area contributed by atoms with Crippen LogP contribution in [0, 0.1) is 11.2 Å². The lowest BCUT2D eigenvalue weighted by Gasteiger charge is -2.57. The summed E-state index contributed by atoms with van der Waals surface area (Å²) in [5.74, 6) is -1.61. The number of imide groups is 1. The summed E-state index contributed by atoms with van der Waals surface area (Å²) < 4.78 is 45.8. The van der Waals surface area contributed by atoms with Crippen molar-refractivity contribution in [2.45, 2.75) is 50.8 Å². The number of carbonyl (C=O) groups is 3. The molecule has 0 aliphatic carbocycles. The maximum absolute atomic E-state index is 16.1. The van der Waals surface area contributed by atoms with E-state index < -0.39 is 60.4 Å². The van der Waals surface area contributed by atoms with E-state index in [0.29, 0.717) is 5.56 Å².